The van der Waals surface area contributed by atoms with Crippen LogP contribution in [0.1, 0.15) is 12.6 Å². The van der Waals surface area contributed by atoms with Gasteiger partial charge in [0.2, 0.25) is 5.91 Å². The summed E-state index contributed by atoms with van der Waals surface area (Å²) in [6.45, 7) is 2.35. The van der Waals surface area contributed by atoms with Gasteiger partial charge in [-0.2, -0.15) is 0 Å². The first kappa shape index (κ1) is 17.1. The average molecular weight is 322 g/mol. The number of ether oxygens (including phenoxy) is 2. The van der Waals surface area contributed by atoms with Crippen molar-refractivity contribution in [2.75, 3.05) is 20.3 Å². The number of methoxy groups -OCH3 is 1. The first-order valence-corrected chi connectivity index (χ1v) is 7.16. The minimum Gasteiger partial charge on any atom is -0.383 e. The number of nitrogens with one attached hydrogen (secondary N) is 1. The van der Waals surface area contributed by atoms with Crippen LogP contribution in [0.3, 0.4) is 0 Å². The smallest absolute Gasteiger partial charge is 0.246 e. The number of hydrogen-bond acceptors (Lipinski definition) is 5. The predicted molar refractivity (Wildman–Crippen MR) is 81.0 cm³/mol. The van der Waals surface area contributed by atoms with E-state index in [9.17, 15) is 9.18 Å². The van der Waals surface area contributed by atoms with Gasteiger partial charge in [-0.05, 0) is 31.2 Å². The summed E-state index contributed by atoms with van der Waals surface area (Å²) in [6, 6.07) is 7.52. The number of halogens is 1. The van der Waals surface area contributed by atoms with Gasteiger partial charge in [0.25, 0.3) is 0 Å². The molecule has 1 aromatic heterocycles. The molecule has 0 aliphatic carbocycles. The molecule has 0 saturated carbocycles. The second-order valence-corrected chi connectivity index (χ2v) is 5.11. The molecule has 0 aliphatic rings. The van der Waals surface area contributed by atoms with Crippen molar-refractivity contribution in [3.63, 3.8) is 0 Å². The van der Waals surface area contributed by atoms with Gasteiger partial charge in [-0.1, -0.05) is 5.16 Å². The van der Waals surface area contributed by atoms with Crippen LogP contribution in [-0.4, -0.2) is 37.4 Å². The number of rotatable bonds is 8. The number of amides is 1. The molecule has 1 atom stereocenters. The monoisotopic (exact) mass is 322 g/mol. The van der Waals surface area contributed by atoms with E-state index in [2.05, 4.69) is 10.5 Å². The lowest BCUT2D eigenvalue weighted by Gasteiger charge is -2.12. The third-order valence-corrected chi connectivity index (χ3v) is 2.99. The van der Waals surface area contributed by atoms with Crippen molar-refractivity contribution < 1.29 is 23.2 Å². The molecular formula is C16H19FN2O4. The van der Waals surface area contributed by atoms with E-state index in [4.69, 9.17) is 14.0 Å². The SMILES string of the molecule is COC[C@@H](C)NC(=O)COCc1cc(-c2ccc(F)cc2)on1. The number of aromatic nitrogens is 1. The van der Waals surface area contributed by atoms with E-state index in [0.717, 1.165) is 5.56 Å². The molecule has 124 valence electrons. The third-order valence-electron chi connectivity index (χ3n) is 2.99. The summed E-state index contributed by atoms with van der Waals surface area (Å²) in [5.74, 6) is -0.0240. The van der Waals surface area contributed by atoms with Crippen molar-refractivity contribution in [2.24, 2.45) is 0 Å². The van der Waals surface area contributed by atoms with Gasteiger partial charge in [-0.15, -0.1) is 0 Å². The van der Waals surface area contributed by atoms with Crippen LogP contribution < -0.4 is 5.32 Å². The minimum absolute atomic E-state index is 0.0757. The van der Waals surface area contributed by atoms with Crippen molar-refractivity contribution >= 4 is 5.91 Å². The minimum atomic E-state index is -0.314. The summed E-state index contributed by atoms with van der Waals surface area (Å²) < 4.78 is 28.3. The van der Waals surface area contributed by atoms with E-state index in [1.54, 1.807) is 25.3 Å². The Morgan fingerprint density at radius 3 is 2.83 bits per heavy atom. The second-order valence-electron chi connectivity index (χ2n) is 5.11. The highest BCUT2D eigenvalue weighted by atomic mass is 19.1. The Hall–Kier alpha value is -2.25. The van der Waals surface area contributed by atoms with Crippen LogP contribution >= 0.6 is 0 Å². The molecule has 1 heterocycles. The Labute approximate surface area is 133 Å². The van der Waals surface area contributed by atoms with Crippen LogP contribution in [0, 0.1) is 5.82 Å². The van der Waals surface area contributed by atoms with Crippen LogP contribution in [0.2, 0.25) is 0 Å². The van der Waals surface area contributed by atoms with E-state index < -0.39 is 0 Å². The fourth-order valence-corrected chi connectivity index (χ4v) is 1.99. The van der Waals surface area contributed by atoms with Gasteiger partial charge in [0.1, 0.15) is 18.1 Å². The van der Waals surface area contributed by atoms with E-state index >= 15 is 0 Å². The lowest BCUT2D eigenvalue weighted by Crippen LogP contribution is -2.37. The number of carbonyl (C=O) groups excluding carboxylic acids is 1. The summed E-state index contributed by atoms with van der Waals surface area (Å²) >= 11 is 0. The predicted octanol–water partition coefficient (Wildman–Crippen LogP) is 2.15. The fraction of sp³-hybridized carbons (Fsp3) is 0.375. The van der Waals surface area contributed by atoms with E-state index in [1.165, 1.54) is 12.1 Å². The lowest BCUT2D eigenvalue weighted by molar-refractivity contribution is -0.127. The van der Waals surface area contributed by atoms with Gasteiger partial charge in [0.05, 0.1) is 13.2 Å². The normalized spacial score (nSPS) is 12.1. The highest BCUT2D eigenvalue weighted by molar-refractivity contribution is 5.77. The Morgan fingerprint density at radius 1 is 1.39 bits per heavy atom. The Balaban J connectivity index is 1.79. The topological polar surface area (TPSA) is 73.6 Å². The van der Waals surface area contributed by atoms with Crippen molar-refractivity contribution in [1.82, 2.24) is 10.5 Å². The van der Waals surface area contributed by atoms with Crippen molar-refractivity contribution in [1.29, 1.82) is 0 Å². The highest BCUT2D eigenvalue weighted by Crippen LogP contribution is 2.20. The summed E-state index contributed by atoms with van der Waals surface area (Å²) in [7, 11) is 1.57. The molecule has 0 radical (unpaired) electrons. The molecule has 0 aliphatic heterocycles. The van der Waals surface area contributed by atoms with Gasteiger partial charge < -0.3 is 19.3 Å². The van der Waals surface area contributed by atoms with Crippen LogP contribution in [0.15, 0.2) is 34.9 Å². The number of benzene rings is 1. The quantitative estimate of drug-likeness (QED) is 0.806. The van der Waals surface area contributed by atoms with E-state index in [0.29, 0.717) is 18.1 Å². The van der Waals surface area contributed by atoms with Crippen LogP contribution in [-0.2, 0) is 20.9 Å². The van der Waals surface area contributed by atoms with E-state index in [-0.39, 0.29) is 31.0 Å². The summed E-state index contributed by atoms with van der Waals surface area (Å²) in [6.07, 6.45) is 0. The molecule has 1 aromatic carbocycles. The molecule has 0 unspecified atom stereocenters. The maximum Gasteiger partial charge on any atom is 0.246 e. The molecule has 0 bridgehead atoms. The van der Waals surface area contributed by atoms with E-state index in [1.807, 2.05) is 6.92 Å². The average Bonchev–Trinajstić information content (AvgIpc) is 2.97. The standard InChI is InChI=1S/C16H19FN2O4/c1-11(8-21-2)18-16(20)10-22-9-14-7-15(23-19-14)12-3-5-13(17)6-4-12/h3-7,11H,8-10H2,1-2H3,(H,18,20)/t11-/m1/s1. The molecule has 7 heteroatoms. The van der Waals surface area contributed by atoms with Gasteiger partial charge in [-0.25, -0.2) is 4.39 Å². The molecule has 1 N–H and O–H groups in total. The first-order chi connectivity index (χ1) is 11.1. The van der Waals surface area contributed by atoms with Gasteiger partial charge in [0, 0.05) is 24.8 Å². The van der Waals surface area contributed by atoms with Crippen LogP contribution in [0.4, 0.5) is 4.39 Å². The zero-order valence-electron chi connectivity index (χ0n) is 13.0. The van der Waals surface area contributed by atoms with Crippen LogP contribution in [0.5, 0.6) is 0 Å². The lowest BCUT2D eigenvalue weighted by atomic mass is 10.1. The molecule has 2 aromatic rings. The number of carbonyl (C=O) groups is 1. The van der Waals surface area contributed by atoms with Gasteiger partial charge in [-0.3, -0.25) is 4.79 Å². The zero-order chi connectivity index (χ0) is 16.7. The second kappa shape index (κ2) is 8.40. The molecule has 0 saturated heterocycles. The fourth-order valence-electron chi connectivity index (χ4n) is 1.99. The third kappa shape index (κ3) is 5.46. The summed E-state index contributed by atoms with van der Waals surface area (Å²) in [5.41, 5.74) is 1.28. The molecule has 23 heavy (non-hydrogen) atoms. The van der Waals surface area contributed by atoms with Crippen molar-refractivity contribution in [3.8, 4) is 11.3 Å². The Morgan fingerprint density at radius 2 is 2.13 bits per heavy atom. The van der Waals surface area contributed by atoms with Crippen LogP contribution in [0.25, 0.3) is 11.3 Å². The molecule has 1 amide bonds. The zero-order valence-corrected chi connectivity index (χ0v) is 13.0. The Kier molecular flexibility index (Phi) is 6.25. The summed E-state index contributed by atoms with van der Waals surface area (Å²) in [4.78, 5) is 11.6. The molecule has 6 nitrogen and oxygen atoms in total. The molecule has 0 fully saturated rings. The maximum absolute atomic E-state index is 12.9. The van der Waals surface area contributed by atoms with Crippen molar-refractivity contribution in [2.45, 2.75) is 19.6 Å². The summed E-state index contributed by atoms with van der Waals surface area (Å²) in [5, 5.41) is 6.59. The number of nitrogens with zero attached hydrogens (tertiary/aromatic N) is 1. The maximum atomic E-state index is 12.9. The molecule has 0 spiro atoms. The van der Waals surface area contributed by atoms with Crippen molar-refractivity contribution in [3.05, 3.63) is 41.8 Å². The Bertz CT molecular complexity index is 627. The number of hydrogen-bond donors (Lipinski definition) is 1. The first-order valence-electron chi connectivity index (χ1n) is 7.16. The molecule has 2 rings (SSSR count). The van der Waals surface area contributed by atoms with Gasteiger partial charge >= 0.3 is 0 Å². The largest absolute Gasteiger partial charge is 0.383 e. The molecular weight excluding hydrogens is 303 g/mol. The highest BCUT2D eigenvalue weighted by Gasteiger charge is 2.10. The van der Waals surface area contributed by atoms with Gasteiger partial charge in [0.15, 0.2) is 5.76 Å².